The highest BCUT2D eigenvalue weighted by Gasteiger charge is 2.27. The molecular formula is C8H6F2N2O3. The molecule has 0 bridgehead atoms. The van der Waals surface area contributed by atoms with Crippen LogP contribution in [-0.4, -0.2) is 16.2 Å². The molecule has 7 heteroatoms. The van der Waals surface area contributed by atoms with Crippen LogP contribution in [0.4, 0.5) is 14.5 Å². The van der Waals surface area contributed by atoms with Crippen molar-refractivity contribution in [2.24, 2.45) is 0 Å². The highest BCUT2D eigenvalue weighted by atomic mass is 19.3. The van der Waals surface area contributed by atoms with Gasteiger partial charge in [-0.25, -0.2) is 8.78 Å². The van der Waals surface area contributed by atoms with Crippen LogP contribution in [-0.2, 0) is 0 Å². The van der Waals surface area contributed by atoms with Gasteiger partial charge >= 0.3 is 0 Å². The molecule has 0 saturated heterocycles. The zero-order valence-corrected chi connectivity index (χ0v) is 7.61. The van der Waals surface area contributed by atoms with Crippen molar-refractivity contribution in [3.8, 4) is 0 Å². The first-order valence-corrected chi connectivity index (χ1v) is 3.86. The van der Waals surface area contributed by atoms with E-state index in [1.807, 2.05) is 0 Å². The van der Waals surface area contributed by atoms with E-state index in [1.165, 1.54) is 6.92 Å². The molecule has 0 saturated carbocycles. The van der Waals surface area contributed by atoms with Crippen LogP contribution < -0.4 is 0 Å². The summed E-state index contributed by atoms with van der Waals surface area (Å²) in [5.41, 5.74) is -2.06. The van der Waals surface area contributed by atoms with Gasteiger partial charge in [0.05, 0.1) is 10.6 Å². The molecule has 0 amide bonds. The second kappa shape index (κ2) is 4.07. The summed E-state index contributed by atoms with van der Waals surface area (Å²) in [6, 6.07) is 0. The summed E-state index contributed by atoms with van der Waals surface area (Å²) < 4.78 is 24.8. The molecule has 0 N–H and O–H groups in total. The second-order valence-corrected chi connectivity index (χ2v) is 2.74. The van der Waals surface area contributed by atoms with E-state index in [4.69, 9.17) is 0 Å². The molecule has 1 heterocycles. The average Bonchev–Trinajstić information content (AvgIpc) is 2.16. The van der Waals surface area contributed by atoms with Crippen LogP contribution in [0, 0.1) is 17.0 Å². The summed E-state index contributed by atoms with van der Waals surface area (Å²) in [6.45, 7) is 1.34. The molecule has 0 unspecified atom stereocenters. The highest BCUT2D eigenvalue weighted by Crippen LogP contribution is 2.31. The zero-order chi connectivity index (χ0) is 11.6. The fourth-order valence-corrected chi connectivity index (χ4v) is 1.13. The molecule has 0 fully saturated rings. The van der Waals surface area contributed by atoms with Crippen LogP contribution in [0.1, 0.15) is 28.0 Å². The Morgan fingerprint density at radius 1 is 1.60 bits per heavy atom. The molecule has 1 aromatic heterocycles. The molecular weight excluding hydrogens is 210 g/mol. The molecule has 0 aliphatic carbocycles. The number of hydrogen-bond acceptors (Lipinski definition) is 4. The third kappa shape index (κ3) is 1.95. The van der Waals surface area contributed by atoms with E-state index in [0.29, 0.717) is 6.20 Å². The zero-order valence-electron chi connectivity index (χ0n) is 7.61. The molecule has 0 spiro atoms. The van der Waals surface area contributed by atoms with Gasteiger partial charge in [-0.15, -0.1) is 0 Å². The lowest BCUT2D eigenvalue weighted by Crippen LogP contribution is -2.04. The van der Waals surface area contributed by atoms with E-state index < -0.39 is 28.2 Å². The number of aryl methyl sites for hydroxylation is 1. The number of carbonyl (C=O) groups is 1. The molecule has 0 aliphatic rings. The van der Waals surface area contributed by atoms with Crippen molar-refractivity contribution in [1.29, 1.82) is 0 Å². The second-order valence-electron chi connectivity index (χ2n) is 2.74. The van der Waals surface area contributed by atoms with E-state index in [0.717, 1.165) is 0 Å². The number of halogens is 2. The number of hydrogen-bond donors (Lipinski definition) is 0. The highest BCUT2D eigenvalue weighted by molar-refractivity contribution is 5.83. The van der Waals surface area contributed by atoms with E-state index in [2.05, 4.69) is 4.98 Å². The summed E-state index contributed by atoms with van der Waals surface area (Å²) in [4.78, 5) is 23.6. The average molecular weight is 216 g/mol. The molecule has 0 aliphatic heterocycles. The van der Waals surface area contributed by atoms with Crippen LogP contribution in [0.3, 0.4) is 0 Å². The standard InChI is InChI=1S/C8H6F2N2O3/c1-4-6(3-13)7(12(14)15)5(2-11-4)8(9)10/h2-3,8H,1H3. The number of nitrogens with zero attached hydrogens (tertiary/aromatic N) is 2. The molecule has 0 radical (unpaired) electrons. The van der Waals surface area contributed by atoms with Gasteiger partial charge in [0.1, 0.15) is 11.1 Å². The van der Waals surface area contributed by atoms with Crippen molar-refractivity contribution in [3.05, 3.63) is 33.1 Å². The van der Waals surface area contributed by atoms with Crippen LogP contribution in [0.5, 0.6) is 0 Å². The van der Waals surface area contributed by atoms with Crippen molar-refractivity contribution in [2.75, 3.05) is 0 Å². The Morgan fingerprint density at radius 3 is 2.60 bits per heavy atom. The minimum atomic E-state index is -3.03. The summed E-state index contributed by atoms with van der Waals surface area (Å²) in [5.74, 6) is 0. The number of nitro groups is 1. The number of alkyl halides is 2. The fourth-order valence-electron chi connectivity index (χ4n) is 1.13. The van der Waals surface area contributed by atoms with Gasteiger partial charge in [-0.05, 0) is 6.92 Å². The fraction of sp³-hybridized carbons (Fsp3) is 0.250. The third-order valence-electron chi connectivity index (χ3n) is 1.85. The lowest BCUT2D eigenvalue weighted by Gasteiger charge is -2.04. The normalized spacial score (nSPS) is 10.4. The smallest absolute Gasteiger partial charge is 0.292 e. The Bertz CT molecular complexity index is 421. The maximum atomic E-state index is 12.4. The van der Waals surface area contributed by atoms with Gasteiger partial charge in [-0.2, -0.15) is 0 Å². The number of pyridine rings is 1. The number of aldehydes is 1. The summed E-state index contributed by atoms with van der Waals surface area (Å²) in [5, 5.41) is 10.5. The quantitative estimate of drug-likeness (QED) is 0.440. The monoisotopic (exact) mass is 216 g/mol. The lowest BCUT2D eigenvalue weighted by molar-refractivity contribution is -0.386. The van der Waals surface area contributed by atoms with Gasteiger partial charge in [0.15, 0.2) is 6.29 Å². The van der Waals surface area contributed by atoms with Gasteiger partial charge in [-0.3, -0.25) is 19.9 Å². The Morgan fingerprint density at radius 2 is 2.20 bits per heavy atom. The molecule has 0 aromatic carbocycles. The molecule has 0 atom stereocenters. The Balaban J connectivity index is 3.56. The minimum absolute atomic E-state index is 0.0566. The maximum Gasteiger partial charge on any atom is 0.292 e. The Kier molecular flexibility index (Phi) is 3.03. The van der Waals surface area contributed by atoms with Gasteiger partial charge in [0.25, 0.3) is 12.1 Å². The topological polar surface area (TPSA) is 73.1 Å². The van der Waals surface area contributed by atoms with Crippen molar-refractivity contribution in [3.63, 3.8) is 0 Å². The predicted molar refractivity (Wildman–Crippen MR) is 46.0 cm³/mol. The molecule has 1 aromatic rings. The largest absolute Gasteiger partial charge is 0.298 e. The van der Waals surface area contributed by atoms with Crippen molar-refractivity contribution in [1.82, 2.24) is 4.98 Å². The molecule has 1 rings (SSSR count). The Hall–Kier alpha value is -1.92. The van der Waals surface area contributed by atoms with E-state index in [-0.39, 0.29) is 12.0 Å². The Labute approximate surface area is 82.9 Å². The first-order valence-electron chi connectivity index (χ1n) is 3.86. The number of aromatic nitrogens is 1. The predicted octanol–water partition coefficient (Wildman–Crippen LogP) is 2.05. The van der Waals surface area contributed by atoms with Gasteiger partial charge < -0.3 is 0 Å². The number of rotatable bonds is 3. The minimum Gasteiger partial charge on any atom is -0.298 e. The van der Waals surface area contributed by atoms with Gasteiger partial charge in [0.2, 0.25) is 0 Å². The molecule has 80 valence electrons. The van der Waals surface area contributed by atoms with Crippen molar-refractivity contribution < 1.29 is 18.5 Å². The maximum absolute atomic E-state index is 12.4. The first kappa shape index (κ1) is 11.2. The van der Waals surface area contributed by atoms with E-state index >= 15 is 0 Å². The van der Waals surface area contributed by atoms with Crippen LogP contribution >= 0.6 is 0 Å². The summed E-state index contributed by atoms with van der Waals surface area (Å²) in [7, 11) is 0. The van der Waals surface area contributed by atoms with Crippen molar-refractivity contribution in [2.45, 2.75) is 13.3 Å². The molecule has 5 nitrogen and oxygen atoms in total. The van der Waals surface area contributed by atoms with Gasteiger partial charge in [-0.1, -0.05) is 0 Å². The third-order valence-corrected chi connectivity index (χ3v) is 1.85. The van der Waals surface area contributed by atoms with Crippen LogP contribution in [0.25, 0.3) is 0 Å². The number of carbonyl (C=O) groups excluding carboxylic acids is 1. The molecule has 15 heavy (non-hydrogen) atoms. The summed E-state index contributed by atoms with van der Waals surface area (Å²) in [6.07, 6.45) is -2.16. The van der Waals surface area contributed by atoms with E-state index in [1.54, 1.807) is 0 Å². The van der Waals surface area contributed by atoms with Crippen LogP contribution in [0.15, 0.2) is 6.20 Å². The van der Waals surface area contributed by atoms with Crippen LogP contribution in [0.2, 0.25) is 0 Å². The summed E-state index contributed by atoms with van der Waals surface area (Å²) >= 11 is 0. The van der Waals surface area contributed by atoms with Gasteiger partial charge in [0, 0.05) is 6.20 Å². The van der Waals surface area contributed by atoms with E-state index in [9.17, 15) is 23.7 Å². The lowest BCUT2D eigenvalue weighted by atomic mass is 10.1. The van der Waals surface area contributed by atoms with Crippen molar-refractivity contribution >= 4 is 12.0 Å². The SMILES string of the molecule is Cc1ncc(C(F)F)c([N+](=O)[O-])c1C=O. The first-order chi connectivity index (χ1) is 6.99.